The third kappa shape index (κ3) is 4.48. The Hall–Kier alpha value is -0.510. The molecule has 2 aliphatic rings. The Morgan fingerprint density at radius 1 is 1.48 bits per heavy atom. The van der Waals surface area contributed by atoms with Crippen LogP contribution < -0.4 is 5.09 Å². The minimum Gasteiger partial charge on any atom is -0.332 e. The third-order valence-electron chi connectivity index (χ3n) is 3.84. The van der Waals surface area contributed by atoms with E-state index < -0.39 is 0 Å². The van der Waals surface area contributed by atoms with E-state index in [1.165, 1.54) is 24.2 Å². The van der Waals surface area contributed by atoms with Crippen LogP contribution in [0.3, 0.4) is 0 Å². The first kappa shape index (κ1) is 18.5. The van der Waals surface area contributed by atoms with Gasteiger partial charge in [-0.15, -0.1) is 11.3 Å². The minimum atomic E-state index is 0.0975. The van der Waals surface area contributed by atoms with E-state index in [0.717, 1.165) is 19.5 Å². The van der Waals surface area contributed by atoms with E-state index >= 15 is 0 Å². The number of hydrogen-bond donors (Lipinski definition) is 1. The second kappa shape index (κ2) is 8.82. The highest BCUT2D eigenvalue weighted by molar-refractivity contribution is 7.13. The normalized spacial score (nSPS) is 21.2. The molecule has 3 rings (SSSR count). The van der Waals surface area contributed by atoms with Crippen LogP contribution >= 0.6 is 20.7 Å². The van der Waals surface area contributed by atoms with Gasteiger partial charge in [-0.3, -0.25) is 9.88 Å². The van der Waals surface area contributed by atoms with Gasteiger partial charge in [-0.1, -0.05) is 37.1 Å². The van der Waals surface area contributed by atoms with Crippen molar-refractivity contribution in [2.45, 2.75) is 53.0 Å². The topological polar surface area (TPSA) is 45.2 Å². The van der Waals surface area contributed by atoms with Gasteiger partial charge in [-0.2, -0.15) is 0 Å². The van der Waals surface area contributed by atoms with Crippen molar-refractivity contribution < 1.29 is 4.79 Å². The highest BCUT2D eigenvalue weighted by Crippen LogP contribution is 2.54. The maximum Gasteiger partial charge on any atom is 0.273 e. The third-order valence-corrected chi connectivity index (χ3v) is 4.66. The number of rotatable bonds is 3. The van der Waals surface area contributed by atoms with Crippen molar-refractivity contribution >= 4 is 26.6 Å². The Bertz CT molecular complexity index is 421. The zero-order chi connectivity index (χ0) is 15.9. The van der Waals surface area contributed by atoms with Crippen molar-refractivity contribution in [2.75, 3.05) is 13.1 Å². The lowest BCUT2D eigenvalue weighted by molar-refractivity contribution is 0.0728. The fourth-order valence-corrected chi connectivity index (χ4v) is 3.52. The summed E-state index contributed by atoms with van der Waals surface area (Å²) in [6.07, 6.45) is 3.70. The van der Waals surface area contributed by atoms with Crippen LogP contribution in [-0.4, -0.2) is 34.9 Å². The van der Waals surface area contributed by atoms with Crippen LogP contribution in [0.2, 0.25) is 0 Å². The molecule has 6 heteroatoms. The highest BCUT2D eigenvalue weighted by Gasteiger charge is 2.53. The average Bonchev–Trinajstić information content (AvgIpc) is 2.96. The molecule has 2 atom stereocenters. The Morgan fingerprint density at radius 2 is 2.14 bits per heavy atom. The fourth-order valence-electron chi connectivity index (χ4n) is 2.73. The van der Waals surface area contributed by atoms with Crippen LogP contribution in [-0.2, 0) is 0 Å². The molecule has 0 radical (unpaired) electrons. The van der Waals surface area contributed by atoms with Gasteiger partial charge in [0.15, 0.2) is 0 Å². The SMILES string of the molecule is CC.CC.O=C(c1cscn1)N1CC2(CC2)C[C@H]1CNP. The number of nitrogens with one attached hydrogen (secondary N) is 1. The number of likely N-dealkylation sites (tertiary alicyclic amines) is 1. The number of nitrogens with zero attached hydrogens (tertiary/aromatic N) is 2. The number of carbonyl (C=O) groups excluding carboxylic acids is 1. The first-order chi connectivity index (χ1) is 10.2. The zero-order valence-corrected chi connectivity index (χ0v) is 15.5. The van der Waals surface area contributed by atoms with Crippen molar-refractivity contribution in [1.29, 1.82) is 0 Å². The molecular weight excluding hydrogens is 301 g/mol. The van der Waals surface area contributed by atoms with Gasteiger partial charge >= 0.3 is 0 Å². The molecule has 4 nitrogen and oxygen atoms in total. The largest absolute Gasteiger partial charge is 0.332 e. The summed E-state index contributed by atoms with van der Waals surface area (Å²) in [4.78, 5) is 18.5. The maximum atomic E-state index is 12.3. The van der Waals surface area contributed by atoms with Crippen molar-refractivity contribution in [2.24, 2.45) is 5.41 Å². The van der Waals surface area contributed by atoms with Gasteiger partial charge in [0.2, 0.25) is 0 Å². The van der Waals surface area contributed by atoms with Crippen LogP contribution in [0.4, 0.5) is 0 Å². The monoisotopic (exact) mass is 329 g/mol. The van der Waals surface area contributed by atoms with Gasteiger partial charge in [-0.05, 0) is 24.7 Å². The molecule has 1 aliphatic heterocycles. The predicted octanol–water partition coefficient (Wildman–Crippen LogP) is 3.57. The summed E-state index contributed by atoms with van der Waals surface area (Å²) in [5, 5.41) is 4.95. The number of amides is 1. The Labute approximate surface area is 135 Å². The number of thiazole rings is 1. The van der Waals surface area contributed by atoms with Crippen LogP contribution in [0.25, 0.3) is 0 Å². The summed E-state index contributed by atoms with van der Waals surface area (Å²) < 4.78 is 0. The van der Waals surface area contributed by atoms with E-state index in [0.29, 0.717) is 17.2 Å². The first-order valence-corrected chi connectivity index (χ1v) is 9.39. The summed E-state index contributed by atoms with van der Waals surface area (Å²) in [6, 6.07) is 0.323. The van der Waals surface area contributed by atoms with Crippen molar-refractivity contribution in [3.63, 3.8) is 0 Å². The smallest absolute Gasteiger partial charge is 0.273 e. The molecule has 2 fully saturated rings. The van der Waals surface area contributed by atoms with Crippen molar-refractivity contribution in [3.8, 4) is 0 Å². The van der Waals surface area contributed by atoms with E-state index in [1.807, 2.05) is 38.0 Å². The molecule has 1 aromatic rings. The van der Waals surface area contributed by atoms with E-state index in [1.54, 1.807) is 5.51 Å². The fraction of sp³-hybridized carbons (Fsp3) is 0.733. The quantitative estimate of drug-likeness (QED) is 0.862. The summed E-state index contributed by atoms with van der Waals surface area (Å²) in [6.45, 7) is 9.77. The molecule has 1 spiro atoms. The first-order valence-electron chi connectivity index (χ1n) is 7.87. The molecule has 1 N–H and O–H groups in total. The minimum absolute atomic E-state index is 0.0975. The Morgan fingerprint density at radius 3 is 2.62 bits per heavy atom. The molecule has 120 valence electrons. The molecule has 1 aromatic heterocycles. The molecule has 0 aromatic carbocycles. The lowest BCUT2D eigenvalue weighted by atomic mass is 10.0. The molecule has 2 heterocycles. The lowest BCUT2D eigenvalue weighted by Gasteiger charge is -2.23. The van der Waals surface area contributed by atoms with E-state index in [2.05, 4.69) is 19.5 Å². The van der Waals surface area contributed by atoms with Gasteiger partial charge in [0.1, 0.15) is 5.69 Å². The number of aromatic nitrogens is 1. The summed E-state index contributed by atoms with van der Waals surface area (Å²) in [5.74, 6) is 0.0975. The van der Waals surface area contributed by atoms with Gasteiger partial charge < -0.3 is 4.90 Å². The van der Waals surface area contributed by atoms with Crippen LogP contribution in [0.5, 0.6) is 0 Å². The second-order valence-corrected chi connectivity index (χ2v) is 6.20. The number of hydrogen-bond acceptors (Lipinski definition) is 4. The van der Waals surface area contributed by atoms with Crippen molar-refractivity contribution in [3.05, 3.63) is 16.6 Å². The molecule has 1 unspecified atom stereocenters. The summed E-state index contributed by atoms with van der Waals surface area (Å²) >= 11 is 1.48. The predicted molar refractivity (Wildman–Crippen MR) is 93.6 cm³/mol. The Kier molecular flexibility index (Phi) is 7.78. The van der Waals surface area contributed by atoms with E-state index in [4.69, 9.17) is 0 Å². The molecule has 1 amide bonds. The lowest BCUT2D eigenvalue weighted by Crippen LogP contribution is -2.40. The molecule has 21 heavy (non-hydrogen) atoms. The van der Waals surface area contributed by atoms with Gasteiger partial charge in [0.25, 0.3) is 5.91 Å². The van der Waals surface area contributed by atoms with Crippen LogP contribution in [0.1, 0.15) is 57.4 Å². The van der Waals surface area contributed by atoms with Gasteiger partial charge in [0, 0.05) is 24.5 Å². The highest BCUT2D eigenvalue weighted by atomic mass is 32.1. The number of carbonyl (C=O) groups is 1. The zero-order valence-electron chi connectivity index (χ0n) is 13.6. The summed E-state index contributed by atoms with van der Waals surface area (Å²) in [7, 11) is 2.52. The van der Waals surface area contributed by atoms with Crippen molar-refractivity contribution in [1.82, 2.24) is 15.0 Å². The average molecular weight is 329 g/mol. The Balaban J connectivity index is 0.000000510. The van der Waals surface area contributed by atoms with Gasteiger partial charge in [-0.25, -0.2) is 4.98 Å². The van der Waals surface area contributed by atoms with Gasteiger partial charge in [0.05, 0.1) is 5.51 Å². The molecule has 1 saturated heterocycles. The maximum absolute atomic E-state index is 12.3. The van der Waals surface area contributed by atoms with Crippen LogP contribution in [0, 0.1) is 5.41 Å². The van der Waals surface area contributed by atoms with Crippen LogP contribution in [0.15, 0.2) is 10.9 Å². The van der Waals surface area contributed by atoms with E-state index in [-0.39, 0.29) is 5.91 Å². The molecule has 1 aliphatic carbocycles. The second-order valence-electron chi connectivity index (χ2n) is 5.07. The molecular formula is C15H28N3OPS. The summed E-state index contributed by atoms with van der Waals surface area (Å²) in [5.41, 5.74) is 2.76. The molecule has 0 bridgehead atoms. The molecule has 1 saturated carbocycles. The van der Waals surface area contributed by atoms with E-state index in [9.17, 15) is 4.79 Å². The standard InChI is InChI=1S/C11H16N3OPS.2C2H6/c15-10(9-5-17-7-12-9)14-6-11(1-2-11)3-8(14)4-13-16;2*1-2/h5,7-8,13H,1-4,6,16H2;2*1-2H3/t8-;;/m0../s1.